The lowest BCUT2D eigenvalue weighted by Crippen LogP contribution is -2.58. The first kappa shape index (κ1) is 26.1. The molecule has 3 aromatic rings. The van der Waals surface area contributed by atoms with Gasteiger partial charge < -0.3 is 10.6 Å². The van der Waals surface area contributed by atoms with Crippen LogP contribution in [0.2, 0.25) is 0 Å². The van der Waals surface area contributed by atoms with Crippen molar-refractivity contribution in [3.8, 4) is 0 Å². The molecule has 2 aliphatic rings. The van der Waals surface area contributed by atoms with Gasteiger partial charge >= 0.3 is 0 Å². The first-order valence-corrected chi connectivity index (χ1v) is 13.6. The van der Waals surface area contributed by atoms with Gasteiger partial charge in [0.15, 0.2) is 5.78 Å². The molecule has 1 amide bonds. The zero-order chi connectivity index (χ0) is 26.7. The summed E-state index contributed by atoms with van der Waals surface area (Å²) in [5.74, 6) is -0.592. The third-order valence-electron chi connectivity index (χ3n) is 8.37. The van der Waals surface area contributed by atoms with Gasteiger partial charge in [-0.3, -0.25) is 14.5 Å². The second-order valence-corrected chi connectivity index (χ2v) is 10.6. The Labute approximate surface area is 224 Å². The zero-order valence-electron chi connectivity index (χ0n) is 22.2. The molecule has 3 atom stereocenters. The Morgan fingerprint density at radius 3 is 2.47 bits per heavy atom. The molecule has 5 nitrogen and oxygen atoms in total. The predicted molar refractivity (Wildman–Crippen MR) is 148 cm³/mol. The van der Waals surface area contributed by atoms with Gasteiger partial charge in [0.05, 0.1) is 5.92 Å². The second kappa shape index (κ2) is 11.1. The molecular formula is C32H36FN3O2. The van der Waals surface area contributed by atoms with E-state index in [9.17, 15) is 14.0 Å². The summed E-state index contributed by atoms with van der Waals surface area (Å²) in [6.07, 6.45) is 1.73. The van der Waals surface area contributed by atoms with Gasteiger partial charge in [0.2, 0.25) is 5.91 Å². The van der Waals surface area contributed by atoms with E-state index in [2.05, 4.69) is 27.7 Å². The van der Waals surface area contributed by atoms with Crippen LogP contribution >= 0.6 is 0 Å². The summed E-state index contributed by atoms with van der Waals surface area (Å²) >= 11 is 0. The number of piperidine rings is 1. The summed E-state index contributed by atoms with van der Waals surface area (Å²) in [7, 11) is 0. The van der Waals surface area contributed by atoms with Crippen LogP contribution in [0, 0.1) is 11.7 Å². The van der Waals surface area contributed by atoms with Gasteiger partial charge in [0.1, 0.15) is 11.4 Å². The smallest absolute Gasteiger partial charge is 0.225 e. The molecule has 1 fully saturated rings. The highest BCUT2D eigenvalue weighted by Gasteiger charge is 2.49. The van der Waals surface area contributed by atoms with Gasteiger partial charge in [-0.05, 0) is 67.0 Å². The maximum atomic E-state index is 14.8. The van der Waals surface area contributed by atoms with E-state index in [0.29, 0.717) is 39.0 Å². The van der Waals surface area contributed by atoms with E-state index in [4.69, 9.17) is 0 Å². The molecule has 0 saturated carbocycles. The van der Waals surface area contributed by atoms with Crippen molar-refractivity contribution in [1.29, 1.82) is 0 Å². The number of carbonyl (C=O) groups excluding carboxylic acids is 2. The number of hydrogen-bond acceptors (Lipinski definition) is 4. The highest BCUT2D eigenvalue weighted by atomic mass is 19.1. The molecule has 1 saturated heterocycles. The minimum absolute atomic E-state index is 0.0212. The van der Waals surface area contributed by atoms with Gasteiger partial charge in [0, 0.05) is 38.3 Å². The number of amides is 1. The summed E-state index contributed by atoms with van der Waals surface area (Å²) < 4.78 is 14.8. The summed E-state index contributed by atoms with van der Waals surface area (Å²) in [5, 5.41) is 6.44. The highest BCUT2D eigenvalue weighted by Crippen LogP contribution is 2.45. The average Bonchev–Trinajstić information content (AvgIpc) is 2.95. The lowest BCUT2D eigenvalue weighted by atomic mass is 9.72. The molecule has 3 aromatic carbocycles. The zero-order valence-corrected chi connectivity index (χ0v) is 22.2. The standard InChI is InChI=1S/C32H36FN3O2/c1-3-34-29-19-24(33)18-28-26(29)14-15-30(37)32(28,2)36-17-16-25(23-12-8-5-9-13-23)27(21-36)31(38)35-20-22-10-6-4-7-11-22/h4-13,18-19,25,27,34H,3,14-17,20-21H2,1-2H3,(H,35,38)/t25-,27-,32+/m0/s1. The summed E-state index contributed by atoms with van der Waals surface area (Å²) in [6, 6.07) is 23.1. The molecule has 5 rings (SSSR count). The SMILES string of the molecule is CCNc1cc(F)cc2c1CCC(=O)[C@]2(C)N1CC[C@@H](c2ccccc2)[C@@H](C(=O)NCc2ccccc2)C1. The summed E-state index contributed by atoms with van der Waals surface area (Å²) in [4.78, 5) is 29.5. The molecule has 38 heavy (non-hydrogen) atoms. The van der Waals surface area contributed by atoms with Gasteiger partial charge in [-0.1, -0.05) is 60.7 Å². The van der Waals surface area contributed by atoms with Crippen LogP contribution in [0.4, 0.5) is 10.1 Å². The Bertz CT molecular complexity index is 1300. The Kier molecular flexibility index (Phi) is 7.61. The minimum Gasteiger partial charge on any atom is -0.385 e. The van der Waals surface area contributed by atoms with E-state index < -0.39 is 5.54 Å². The average molecular weight is 514 g/mol. The van der Waals surface area contributed by atoms with Gasteiger partial charge in [0.25, 0.3) is 0 Å². The van der Waals surface area contributed by atoms with Crippen LogP contribution in [0.3, 0.4) is 0 Å². The number of rotatable bonds is 7. The highest BCUT2D eigenvalue weighted by molar-refractivity contribution is 5.92. The Morgan fingerprint density at radius 2 is 1.76 bits per heavy atom. The number of ketones is 1. The van der Waals surface area contributed by atoms with Crippen molar-refractivity contribution >= 4 is 17.4 Å². The molecule has 0 radical (unpaired) electrons. The number of carbonyl (C=O) groups is 2. The van der Waals surface area contributed by atoms with Crippen LogP contribution in [-0.2, 0) is 28.1 Å². The largest absolute Gasteiger partial charge is 0.385 e. The minimum atomic E-state index is -0.987. The van der Waals surface area contributed by atoms with Crippen LogP contribution < -0.4 is 10.6 Å². The number of fused-ring (bicyclic) bond motifs is 1. The Morgan fingerprint density at radius 1 is 1.05 bits per heavy atom. The van der Waals surface area contributed by atoms with Crippen molar-refractivity contribution in [2.24, 2.45) is 5.92 Å². The van der Waals surface area contributed by atoms with Crippen LogP contribution in [-0.4, -0.2) is 36.2 Å². The third kappa shape index (κ3) is 4.97. The molecule has 1 aliphatic carbocycles. The van der Waals surface area contributed by atoms with Crippen molar-refractivity contribution in [2.75, 3.05) is 25.0 Å². The van der Waals surface area contributed by atoms with Gasteiger partial charge in [-0.15, -0.1) is 0 Å². The Balaban J connectivity index is 1.48. The van der Waals surface area contributed by atoms with Crippen LogP contribution in [0.25, 0.3) is 0 Å². The first-order valence-electron chi connectivity index (χ1n) is 13.6. The maximum absolute atomic E-state index is 14.8. The fourth-order valence-corrected chi connectivity index (χ4v) is 6.31. The van der Waals surface area contributed by atoms with Crippen LogP contribution in [0.1, 0.15) is 54.9 Å². The number of likely N-dealkylation sites (tertiary alicyclic amines) is 1. The van der Waals surface area contributed by atoms with E-state index in [1.807, 2.05) is 62.4 Å². The molecule has 0 bridgehead atoms. The fraction of sp³-hybridized carbons (Fsp3) is 0.375. The number of nitrogens with one attached hydrogen (secondary N) is 2. The Hall–Kier alpha value is -3.51. The van der Waals surface area contributed by atoms with Crippen LogP contribution in [0.5, 0.6) is 0 Å². The third-order valence-corrected chi connectivity index (χ3v) is 8.37. The van der Waals surface area contributed by atoms with Crippen LogP contribution in [0.15, 0.2) is 72.8 Å². The summed E-state index contributed by atoms with van der Waals surface area (Å²) in [5.41, 5.74) is 3.68. The number of halogens is 1. The lowest BCUT2D eigenvalue weighted by molar-refractivity contribution is -0.138. The predicted octanol–water partition coefficient (Wildman–Crippen LogP) is 5.41. The van der Waals surface area contributed by atoms with E-state index in [1.54, 1.807) is 0 Å². The topological polar surface area (TPSA) is 61.4 Å². The molecule has 1 heterocycles. The van der Waals surface area contributed by atoms with E-state index in [1.165, 1.54) is 12.1 Å². The van der Waals surface area contributed by atoms with E-state index >= 15 is 0 Å². The molecule has 0 unspecified atom stereocenters. The molecule has 1 aliphatic heterocycles. The van der Waals surface area contributed by atoms with E-state index in [-0.39, 0.29) is 29.3 Å². The monoisotopic (exact) mass is 513 g/mol. The molecular weight excluding hydrogens is 477 g/mol. The number of anilines is 1. The van der Waals surface area contributed by atoms with Gasteiger partial charge in [-0.2, -0.15) is 0 Å². The fourth-order valence-electron chi connectivity index (χ4n) is 6.31. The van der Waals surface area contributed by atoms with Crippen molar-refractivity contribution in [3.63, 3.8) is 0 Å². The van der Waals surface area contributed by atoms with E-state index in [0.717, 1.165) is 34.4 Å². The second-order valence-electron chi connectivity index (χ2n) is 10.6. The number of nitrogens with zero attached hydrogens (tertiary/aromatic N) is 1. The van der Waals surface area contributed by atoms with Gasteiger partial charge in [-0.25, -0.2) is 4.39 Å². The molecule has 0 spiro atoms. The number of Topliss-reactive ketones (excluding diaryl/α,β-unsaturated/α-hetero) is 1. The lowest BCUT2D eigenvalue weighted by Gasteiger charge is -2.49. The van der Waals surface area contributed by atoms with Crippen molar-refractivity contribution < 1.29 is 14.0 Å². The quantitative estimate of drug-likeness (QED) is 0.444. The molecule has 198 valence electrons. The first-order chi connectivity index (χ1) is 18.4. The normalized spacial score (nSPS) is 23.5. The number of benzene rings is 3. The molecule has 2 N–H and O–H groups in total. The van der Waals surface area contributed by atoms with Crippen molar-refractivity contribution in [3.05, 3.63) is 101 Å². The molecule has 6 heteroatoms. The van der Waals surface area contributed by atoms with Crippen molar-refractivity contribution in [1.82, 2.24) is 10.2 Å². The number of hydrogen-bond donors (Lipinski definition) is 2. The molecule has 0 aromatic heterocycles. The maximum Gasteiger partial charge on any atom is 0.225 e. The van der Waals surface area contributed by atoms with Crippen molar-refractivity contribution in [2.45, 2.75) is 51.1 Å². The summed E-state index contributed by atoms with van der Waals surface area (Å²) in [6.45, 7) is 6.11.